The average Bonchev–Trinajstić information content (AvgIpc) is 2.76. The van der Waals surface area contributed by atoms with Crippen molar-refractivity contribution >= 4 is 11.8 Å². The van der Waals surface area contributed by atoms with Crippen LogP contribution in [0.25, 0.3) is 0 Å². The van der Waals surface area contributed by atoms with Crippen LogP contribution in [0.1, 0.15) is 26.2 Å². The van der Waals surface area contributed by atoms with Crippen molar-refractivity contribution in [3.63, 3.8) is 0 Å². The molecule has 116 valence electrons. The molecule has 8 heteroatoms. The van der Waals surface area contributed by atoms with E-state index in [-0.39, 0.29) is 24.7 Å². The minimum atomic E-state index is -0.862. The Morgan fingerprint density at radius 3 is 2.30 bits per heavy atom. The van der Waals surface area contributed by atoms with Gasteiger partial charge in [0.2, 0.25) is 6.29 Å². The smallest absolute Gasteiger partial charge is 0.254 e. The van der Waals surface area contributed by atoms with E-state index in [2.05, 4.69) is 0 Å². The van der Waals surface area contributed by atoms with Crippen LogP contribution in [0.15, 0.2) is 0 Å². The molecule has 0 radical (unpaired) electrons. The number of aliphatic hydroxyl groups is 2. The number of imide groups is 1. The third-order valence-corrected chi connectivity index (χ3v) is 3.19. The monoisotopic (exact) mass is 291 g/mol. The van der Waals surface area contributed by atoms with E-state index >= 15 is 0 Å². The summed E-state index contributed by atoms with van der Waals surface area (Å²) in [5.74, 6) is -0.755. The van der Waals surface area contributed by atoms with Gasteiger partial charge in [-0.15, -0.1) is 0 Å². The Bertz CT molecular complexity index is 333. The zero-order valence-electron chi connectivity index (χ0n) is 11.8. The summed E-state index contributed by atoms with van der Waals surface area (Å²) in [5, 5.41) is 17.4. The Morgan fingerprint density at radius 1 is 1.25 bits per heavy atom. The maximum atomic E-state index is 11.4. The molecule has 0 spiro atoms. The molecule has 2 heterocycles. The highest BCUT2D eigenvalue weighted by Gasteiger charge is 2.41. The van der Waals surface area contributed by atoms with Gasteiger partial charge in [-0.05, 0) is 6.92 Å². The third-order valence-electron chi connectivity index (χ3n) is 3.19. The van der Waals surface area contributed by atoms with Gasteiger partial charge in [0.15, 0.2) is 0 Å². The maximum Gasteiger partial charge on any atom is 0.254 e. The highest BCUT2D eigenvalue weighted by molar-refractivity contribution is 6.00. The van der Waals surface area contributed by atoms with Crippen molar-refractivity contribution in [2.24, 2.45) is 0 Å². The van der Waals surface area contributed by atoms with Gasteiger partial charge in [-0.1, -0.05) is 0 Å². The molecule has 2 unspecified atom stereocenters. The molecule has 2 N–H and O–H groups in total. The quantitative estimate of drug-likeness (QED) is 0.655. The van der Waals surface area contributed by atoms with Gasteiger partial charge >= 0.3 is 0 Å². The van der Waals surface area contributed by atoms with Gasteiger partial charge in [0.05, 0.1) is 12.2 Å². The van der Waals surface area contributed by atoms with Gasteiger partial charge in [0, 0.05) is 33.5 Å². The van der Waals surface area contributed by atoms with Crippen LogP contribution in [-0.4, -0.2) is 65.9 Å². The van der Waals surface area contributed by atoms with E-state index in [1.807, 2.05) is 0 Å². The molecule has 20 heavy (non-hydrogen) atoms. The number of nitrogens with zero attached hydrogens (tertiary/aromatic N) is 1. The summed E-state index contributed by atoms with van der Waals surface area (Å²) in [4.78, 5) is 28.1. The molecule has 0 aromatic carbocycles. The summed E-state index contributed by atoms with van der Waals surface area (Å²) in [7, 11) is 2.46. The van der Waals surface area contributed by atoms with E-state index in [1.165, 1.54) is 7.11 Å². The molecular weight excluding hydrogens is 270 g/mol. The first-order valence-electron chi connectivity index (χ1n) is 6.36. The lowest BCUT2D eigenvalue weighted by Crippen LogP contribution is -2.51. The highest BCUT2D eigenvalue weighted by Crippen LogP contribution is 2.25. The van der Waals surface area contributed by atoms with Crippen LogP contribution in [0.4, 0.5) is 0 Å². The van der Waals surface area contributed by atoms with Crippen LogP contribution in [0.5, 0.6) is 0 Å². The summed E-state index contributed by atoms with van der Waals surface area (Å²) < 4.78 is 10.6. The van der Waals surface area contributed by atoms with Crippen molar-refractivity contribution in [3.05, 3.63) is 0 Å². The van der Waals surface area contributed by atoms with Gasteiger partial charge < -0.3 is 19.7 Å². The van der Waals surface area contributed by atoms with Crippen molar-refractivity contribution in [3.8, 4) is 0 Å². The van der Waals surface area contributed by atoms with E-state index in [0.29, 0.717) is 6.42 Å². The molecule has 0 saturated carbocycles. The molecule has 2 amide bonds. The number of hydrogen-bond donors (Lipinski definition) is 2. The van der Waals surface area contributed by atoms with E-state index < -0.39 is 24.6 Å². The predicted molar refractivity (Wildman–Crippen MR) is 66.1 cm³/mol. The Balaban J connectivity index is 0.000000956. The largest absolute Gasteiger partial charge is 0.400 e. The summed E-state index contributed by atoms with van der Waals surface area (Å²) in [5.41, 5.74) is 0. The SMILES string of the molecule is CO.CO[C@@H]1CC(O)[C@H](C)OC1ON1C(=O)CCC1=O. The molecule has 2 aliphatic rings. The minimum absolute atomic E-state index is 0.154. The molecule has 0 aromatic heterocycles. The average molecular weight is 291 g/mol. The third kappa shape index (κ3) is 3.74. The number of carbonyl (C=O) groups excluding carboxylic acids is 2. The number of ether oxygens (including phenoxy) is 2. The Morgan fingerprint density at radius 2 is 1.80 bits per heavy atom. The molecule has 0 aromatic rings. The standard InChI is InChI=1S/C11H17NO6.CH4O/c1-6-7(13)5-8(16-2)11(17-6)18-12-9(14)3-4-10(12)15;1-2/h6-8,11,13H,3-5H2,1-2H3;2H,1H3/t6-,7?,8+,11?;/m0./s1. The molecule has 0 aliphatic carbocycles. The number of aliphatic hydroxyl groups excluding tert-OH is 2. The lowest BCUT2D eigenvalue weighted by atomic mass is 10.0. The van der Waals surface area contributed by atoms with Crippen LogP contribution >= 0.6 is 0 Å². The Kier molecular flexibility index (Phi) is 6.50. The molecule has 0 bridgehead atoms. The predicted octanol–water partition coefficient (Wildman–Crippen LogP) is -0.814. The number of methoxy groups -OCH3 is 1. The molecule has 2 rings (SSSR count). The second-order valence-electron chi connectivity index (χ2n) is 4.47. The summed E-state index contributed by atoms with van der Waals surface area (Å²) in [6.45, 7) is 1.69. The number of rotatable bonds is 3. The molecule has 2 saturated heterocycles. The van der Waals surface area contributed by atoms with Crippen LogP contribution in [-0.2, 0) is 23.9 Å². The molecule has 4 atom stereocenters. The van der Waals surface area contributed by atoms with Gasteiger partial charge in [-0.2, -0.15) is 5.06 Å². The van der Waals surface area contributed by atoms with Gasteiger partial charge in [0.1, 0.15) is 6.10 Å². The first-order valence-corrected chi connectivity index (χ1v) is 6.36. The fourth-order valence-electron chi connectivity index (χ4n) is 2.01. The summed E-state index contributed by atoms with van der Waals surface area (Å²) in [6, 6.07) is 0. The number of hydroxylamine groups is 2. The summed E-state index contributed by atoms with van der Waals surface area (Å²) in [6.07, 6.45) is -1.83. The van der Waals surface area contributed by atoms with Crippen molar-refractivity contribution in [1.29, 1.82) is 0 Å². The zero-order chi connectivity index (χ0) is 15.3. The number of amides is 2. The van der Waals surface area contributed by atoms with Crippen molar-refractivity contribution in [1.82, 2.24) is 5.06 Å². The number of carbonyl (C=O) groups is 2. The van der Waals surface area contributed by atoms with Gasteiger partial charge in [0.25, 0.3) is 11.8 Å². The first-order chi connectivity index (χ1) is 9.52. The van der Waals surface area contributed by atoms with Gasteiger partial charge in [-0.25, -0.2) is 4.84 Å². The second kappa shape index (κ2) is 7.65. The van der Waals surface area contributed by atoms with Crippen LogP contribution in [0.2, 0.25) is 0 Å². The Labute approximate surface area is 117 Å². The van der Waals surface area contributed by atoms with Crippen LogP contribution in [0, 0.1) is 0 Å². The van der Waals surface area contributed by atoms with Crippen molar-refractivity contribution in [2.75, 3.05) is 14.2 Å². The number of hydrogen-bond acceptors (Lipinski definition) is 7. The molecule has 8 nitrogen and oxygen atoms in total. The second-order valence-corrected chi connectivity index (χ2v) is 4.47. The maximum absolute atomic E-state index is 11.4. The molecule has 2 aliphatic heterocycles. The zero-order valence-corrected chi connectivity index (χ0v) is 11.8. The topological polar surface area (TPSA) is 106 Å². The van der Waals surface area contributed by atoms with Crippen LogP contribution < -0.4 is 0 Å². The van der Waals surface area contributed by atoms with E-state index in [4.69, 9.17) is 19.4 Å². The fourth-order valence-corrected chi connectivity index (χ4v) is 2.01. The van der Waals surface area contributed by atoms with Gasteiger partial charge in [-0.3, -0.25) is 9.59 Å². The van der Waals surface area contributed by atoms with E-state index in [1.54, 1.807) is 6.92 Å². The van der Waals surface area contributed by atoms with Crippen molar-refractivity contribution < 1.29 is 34.1 Å². The molecular formula is C12H21NO7. The minimum Gasteiger partial charge on any atom is -0.400 e. The highest BCUT2D eigenvalue weighted by atomic mass is 16.8. The van der Waals surface area contributed by atoms with Crippen LogP contribution in [0.3, 0.4) is 0 Å². The normalized spacial score (nSPS) is 34.0. The Hall–Kier alpha value is -1.06. The van der Waals surface area contributed by atoms with E-state index in [9.17, 15) is 14.7 Å². The summed E-state index contributed by atoms with van der Waals surface area (Å²) >= 11 is 0. The van der Waals surface area contributed by atoms with Crippen molar-refractivity contribution in [2.45, 2.75) is 50.8 Å². The van der Waals surface area contributed by atoms with E-state index in [0.717, 1.165) is 12.2 Å². The first kappa shape index (κ1) is 17.0. The fraction of sp³-hybridized carbons (Fsp3) is 0.833. The lowest BCUT2D eigenvalue weighted by molar-refractivity contribution is -0.322. The molecule has 2 fully saturated rings. The lowest BCUT2D eigenvalue weighted by Gasteiger charge is -2.37.